The fourth-order valence-corrected chi connectivity index (χ4v) is 4.41. The molecule has 6 heteroatoms. The van der Waals surface area contributed by atoms with Crippen molar-refractivity contribution in [2.24, 2.45) is 0 Å². The summed E-state index contributed by atoms with van der Waals surface area (Å²) in [6.07, 6.45) is 7.96. The molecular formula is C19H26N4OS. The van der Waals surface area contributed by atoms with E-state index in [9.17, 15) is 4.79 Å². The van der Waals surface area contributed by atoms with E-state index in [-0.39, 0.29) is 11.9 Å². The number of thiazole rings is 1. The summed E-state index contributed by atoms with van der Waals surface area (Å²) in [5.41, 5.74) is 2.00. The van der Waals surface area contributed by atoms with E-state index in [4.69, 9.17) is 0 Å². The highest BCUT2D eigenvalue weighted by atomic mass is 32.1. The van der Waals surface area contributed by atoms with Gasteiger partial charge >= 0.3 is 0 Å². The van der Waals surface area contributed by atoms with Crippen LogP contribution in [0.2, 0.25) is 0 Å². The van der Waals surface area contributed by atoms with Gasteiger partial charge in [-0.3, -0.25) is 14.7 Å². The van der Waals surface area contributed by atoms with Crippen LogP contribution < -0.4 is 5.32 Å². The van der Waals surface area contributed by atoms with Crippen LogP contribution >= 0.6 is 11.3 Å². The summed E-state index contributed by atoms with van der Waals surface area (Å²) < 4.78 is 0. The Labute approximate surface area is 153 Å². The standard InChI is InChI=1S/C19H26N4OS/c1-3-7-17-22-14(2)16(25-17)13-21-19(24)18(23-10-4-5-11-23)15-8-6-9-20-12-15/h6,8-9,12,18H,3-5,7,10-11,13H2,1-2H3,(H,21,24). The molecule has 1 amide bonds. The highest BCUT2D eigenvalue weighted by molar-refractivity contribution is 7.11. The molecule has 3 heterocycles. The molecule has 1 saturated heterocycles. The van der Waals surface area contributed by atoms with E-state index in [0.717, 1.165) is 59.9 Å². The first-order valence-corrected chi connectivity index (χ1v) is 9.87. The molecule has 1 aliphatic rings. The number of nitrogens with zero attached hydrogens (tertiary/aromatic N) is 3. The maximum atomic E-state index is 13.0. The molecule has 2 aromatic rings. The Kier molecular flexibility index (Phi) is 6.15. The number of nitrogens with one attached hydrogen (secondary N) is 1. The SMILES string of the molecule is CCCc1nc(C)c(CNC(=O)C(c2cccnc2)N2CCCC2)s1. The van der Waals surface area contributed by atoms with Crippen LogP contribution in [0.25, 0.3) is 0 Å². The predicted molar refractivity (Wildman–Crippen MR) is 100 cm³/mol. The molecule has 0 aliphatic carbocycles. The Morgan fingerprint density at radius 3 is 2.88 bits per heavy atom. The minimum atomic E-state index is -0.250. The molecule has 0 saturated carbocycles. The minimum Gasteiger partial charge on any atom is -0.349 e. The normalized spacial score (nSPS) is 16.1. The molecular weight excluding hydrogens is 332 g/mol. The molecule has 0 radical (unpaired) electrons. The zero-order valence-electron chi connectivity index (χ0n) is 15.0. The number of carbonyl (C=O) groups is 1. The molecule has 2 aromatic heterocycles. The summed E-state index contributed by atoms with van der Waals surface area (Å²) in [5.74, 6) is 0.0553. The summed E-state index contributed by atoms with van der Waals surface area (Å²) in [6, 6.07) is 3.64. The molecule has 134 valence electrons. The van der Waals surface area contributed by atoms with Gasteiger partial charge in [0.1, 0.15) is 6.04 Å². The number of likely N-dealkylation sites (tertiary alicyclic amines) is 1. The van der Waals surface area contributed by atoms with Crippen LogP contribution in [0.1, 0.15) is 53.4 Å². The monoisotopic (exact) mass is 358 g/mol. The molecule has 5 nitrogen and oxygen atoms in total. The second-order valence-electron chi connectivity index (χ2n) is 6.52. The van der Waals surface area contributed by atoms with Gasteiger partial charge in [0.05, 0.1) is 17.2 Å². The molecule has 1 N–H and O–H groups in total. The second kappa shape index (κ2) is 8.54. The summed E-state index contributed by atoms with van der Waals surface area (Å²) in [6.45, 7) is 6.67. The van der Waals surface area contributed by atoms with Gasteiger partial charge in [-0.15, -0.1) is 11.3 Å². The van der Waals surface area contributed by atoms with Crippen LogP contribution in [0.15, 0.2) is 24.5 Å². The fourth-order valence-electron chi connectivity index (χ4n) is 3.30. The number of amides is 1. The summed E-state index contributed by atoms with van der Waals surface area (Å²) in [4.78, 5) is 25.2. The molecule has 3 rings (SSSR count). The van der Waals surface area contributed by atoms with E-state index in [0.29, 0.717) is 6.54 Å². The van der Waals surface area contributed by atoms with Crippen molar-refractivity contribution in [2.45, 2.75) is 52.1 Å². The molecule has 1 unspecified atom stereocenters. The maximum absolute atomic E-state index is 13.0. The predicted octanol–water partition coefficient (Wildman–Crippen LogP) is 3.25. The summed E-state index contributed by atoms with van der Waals surface area (Å²) in [5, 5.41) is 4.29. The quantitative estimate of drug-likeness (QED) is 0.825. The van der Waals surface area contributed by atoms with Crippen molar-refractivity contribution in [1.82, 2.24) is 20.2 Å². The van der Waals surface area contributed by atoms with Gasteiger partial charge in [0.2, 0.25) is 5.91 Å². The molecule has 25 heavy (non-hydrogen) atoms. The van der Waals surface area contributed by atoms with Gasteiger partial charge in [-0.25, -0.2) is 4.98 Å². The maximum Gasteiger partial charge on any atom is 0.242 e. The van der Waals surface area contributed by atoms with E-state index in [2.05, 4.69) is 27.1 Å². The highest BCUT2D eigenvalue weighted by Gasteiger charge is 2.29. The molecule has 0 bridgehead atoms. The number of hydrogen-bond donors (Lipinski definition) is 1. The average Bonchev–Trinajstić information content (AvgIpc) is 3.25. The van der Waals surface area contributed by atoms with Crippen molar-refractivity contribution < 1.29 is 4.79 Å². The van der Waals surface area contributed by atoms with Crippen molar-refractivity contribution in [3.8, 4) is 0 Å². The van der Waals surface area contributed by atoms with E-state index >= 15 is 0 Å². The first-order chi connectivity index (χ1) is 12.2. The Hall–Kier alpha value is -1.79. The molecule has 1 aliphatic heterocycles. The van der Waals surface area contributed by atoms with Gasteiger partial charge in [0.25, 0.3) is 0 Å². The van der Waals surface area contributed by atoms with Crippen LogP contribution in [0.4, 0.5) is 0 Å². The molecule has 0 spiro atoms. The summed E-state index contributed by atoms with van der Waals surface area (Å²) >= 11 is 1.71. The average molecular weight is 359 g/mol. The lowest BCUT2D eigenvalue weighted by molar-refractivity contribution is -0.126. The van der Waals surface area contributed by atoms with Gasteiger partial charge in [-0.05, 0) is 57.3 Å². The van der Waals surface area contributed by atoms with Crippen LogP contribution in [0.5, 0.6) is 0 Å². The van der Waals surface area contributed by atoms with Gasteiger partial charge in [0, 0.05) is 17.3 Å². The number of aromatic nitrogens is 2. The molecule has 1 atom stereocenters. The lowest BCUT2D eigenvalue weighted by atomic mass is 10.1. The van der Waals surface area contributed by atoms with Crippen molar-refractivity contribution in [3.63, 3.8) is 0 Å². The Bertz CT molecular complexity index is 695. The van der Waals surface area contributed by atoms with Crippen molar-refractivity contribution in [1.29, 1.82) is 0 Å². The molecule has 1 fully saturated rings. The van der Waals surface area contributed by atoms with Crippen LogP contribution in [0.3, 0.4) is 0 Å². The van der Waals surface area contributed by atoms with Crippen molar-refractivity contribution >= 4 is 17.2 Å². The zero-order valence-corrected chi connectivity index (χ0v) is 15.8. The lowest BCUT2D eigenvalue weighted by Crippen LogP contribution is -2.39. The van der Waals surface area contributed by atoms with Crippen molar-refractivity contribution in [3.05, 3.63) is 45.7 Å². The number of pyridine rings is 1. The zero-order chi connectivity index (χ0) is 17.6. The third-order valence-electron chi connectivity index (χ3n) is 4.58. The Morgan fingerprint density at radius 1 is 1.40 bits per heavy atom. The third kappa shape index (κ3) is 4.44. The Morgan fingerprint density at radius 2 is 2.20 bits per heavy atom. The van der Waals surface area contributed by atoms with E-state index in [1.165, 1.54) is 0 Å². The van der Waals surface area contributed by atoms with E-state index < -0.39 is 0 Å². The second-order valence-corrected chi connectivity index (χ2v) is 7.68. The molecule has 0 aromatic carbocycles. The largest absolute Gasteiger partial charge is 0.349 e. The minimum absolute atomic E-state index is 0.0553. The van der Waals surface area contributed by atoms with Crippen LogP contribution in [-0.4, -0.2) is 33.9 Å². The Balaban J connectivity index is 1.70. The number of carbonyl (C=O) groups excluding carboxylic acids is 1. The lowest BCUT2D eigenvalue weighted by Gasteiger charge is -2.26. The van der Waals surface area contributed by atoms with Gasteiger partial charge in [-0.1, -0.05) is 13.0 Å². The van der Waals surface area contributed by atoms with Gasteiger partial charge in [0.15, 0.2) is 0 Å². The number of rotatable bonds is 7. The van der Waals surface area contributed by atoms with E-state index in [1.807, 2.05) is 19.1 Å². The smallest absolute Gasteiger partial charge is 0.242 e. The van der Waals surface area contributed by atoms with E-state index in [1.54, 1.807) is 23.7 Å². The fraction of sp³-hybridized carbons (Fsp3) is 0.526. The number of aryl methyl sites for hydroxylation is 2. The van der Waals surface area contributed by atoms with Crippen LogP contribution in [-0.2, 0) is 17.8 Å². The summed E-state index contributed by atoms with van der Waals surface area (Å²) in [7, 11) is 0. The number of hydrogen-bond acceptors (Lipinski definition) is 5. The van der Waals surface area contributed by atoms with Crippen LogP contribution in [0, 0.1) is 6.92 Å². The first kappa shape index (κ1) is 18.0. The first-order valence-electron chi connectivity index (χ1n) is 9.06. The third-order valence-corrected chi connectivity index (χ3v) is 5.80. The topological polar surface area (TPSA) is 58.1 Å². The van der Waals surface area contributed by atoms with Crippen molar-refractivity contribution in [2.75, 3.05) is 13.1 Å². The van der Waals surface area contributed by atoms with Gasteiger partial charge in [-0.2, -0.15) is 0 Å². The highest BCUT2D eigenvalue weighted by Crippen LogP contribution is 2.25. The van der Waals surface area contributed by atoms with Gasteiger partial charge < -0.3 is 5.32 Å².